The standard InChI is InChI=1S/C18H18F3N5O/c19-18(20,21)12-4-6-13(7-5-12)22-17-23-15-2-1-3-16(26(15)24-17)25-10-8-14(27)9-11-25/h1-7,14,27H,8-11H2,(H,22,24). The first-order chi connectivity index (χ1) is 12.9. The number of aromatic nitrogens is 3. The third-order valence-electron chi connectivity index (χ3n) is 4.60. The van der Waals surface area contributed by atoms with Crippen LogP contribution in [0.15, 0.2) is 42.5 Å². The van der Waals surface area contributed by atoms with Crippen LogP contribution in [0.3, 0.4) is 0 Å². The van der Waals surface area contributed by atoms with Crippen LogP contribution in [-0.4, -0.2) is 38.9 Å². The van der Waals surface area contributed by atoms with Gasteiger partial charge < -0.3 is 15.3 Å². The van der Waals surface area contributed by atoms with E-state index in [0.29, 0.717) is 30.1 Å². The SMILES string of the molecule is OC1CCN(c2cccc3nc(Nc4ccc(C(F)(F)F)cc4)nn23)CC1. The Labute approximate surface area is 153 Å². The van der Waals surface area contributed by atoms with Crippen molar-refractivity contribution in [2.45, 2.75) is 25.1 Å². The molecule has 3 heterocycles. The van der Waals surface area contributed by atoms with Gasteiger partial charge in [0.2, 0.25) is 5.95 Å². The number of rotatable bonds is 3. The maximum atomic E-state index is 12.7. The minimum absolute atomic E-state index is 0.270. The second-order valence-corrected chi connectivity index (χ2v) is 6.51. The molecule has 0 saturated carbocycles. The number of pyridine rings is 1. The molecule has 1 aliphatic rings. The molecule has 0 amide bonds. The van der Waals surface area contributed by atoms with Crippen molar-refractivity contribution in [1.82, 2.24) is 14.6 Å². The van der Waals surface area contributed by atoms with Crippen molar-refractivity contribution in [3.63, 3.8) is 0 Å². The highest BCUT2D eigenvalue weighted by molar-refractivity contribution is 5.58. The number of fused-ring (bicyclic) bond motifs is 1. The molecule has 27 heavy (non-hydrogen) atoms. The number of aliphatic hydroxyl groups is 1. The Bertz CT molecular complexity index is 930. The molecule has 3 aromatic rings. The van der Waals surface area contributed by atoms with Gasteiger partial charge in [-0.05, 0) is 49.2 Å². The maximum absolute atomic E-state index is 12.7. The van der Waals surface area contributed by atoms with Gasteiger partial charge >= 0.3 is 6.18 Å². The Morgan fingerprint density at radius 3 is 2.41 bits per heavy atom. The molecule has 142 valence electrons. The van der Waals surface area contributed by atoms with E-state index in [9.17, 15) is 18.3 Å². The van der Waals surface area contributed by atoms with Crippen LogP contribution in [0.25, 0.3) is 5.65 Å². The molecule has 9 heteroatoms. The van der Waals surface area contributed by atoms with Gasteiger partial charge in [-0.15, -0.1) is 5.10 Å². The first-order valence-electron chi connectivity index (χ1n) is 8.63. The largest absolute Gasteiger partial charge is 0.416 e. The molecule has 2 N–H and O–H groups in total. The van der Waals surface area contributed by atoms with Crippen molar-refractivity contribution in [2.75, 3.05) is 23.3 Å². The molecule has 0 aliphatic carbocycles. The number of halogens is 3. The zero-order valence-corrected chi connectivity index (χ0v) is 14.3. The summed E-state index contributed by atoms with van der Waals surface area (Å²) in [5.41, 5.74) is 0.403. The number of hydrogen-bond acceptors (Lipinski definition) is 5. The van der Waals surface area contributed by atoms with E-state index in [2.05, 4.69) is 20.3 Å². The third kappa shape index (κ3) is 3.68. The Kier molecular flexibility index (Phi) is 4.39. The molecule has 0 radical (unpaired) electrons. The van der Waals surface area contributed by atoms with Crippen molar-refractivity contribution in [3.8, 4) is 0 Å². The molecule has 1 saturated heterocycles. The molecule has 1 fully saturated rings. The maximum Gasteiger partial charge on any atom is 0.416 e. The second-order valence-electron chi connectivity index (χ2n) is 6.51. The van der Waals surface area contributed by atoms with Crippen LogP contribution in [0.1, 0.15) is 18.4 Å². The second kappa shape index (κ2) is 6.73. The third-order valence-corrected chi connectivity index (χ3v) is 4.60. The number of nitrogens with one attached hydrogen (secondary N) is 1. The topological polar surface area (TPSA) is 65.7 Å². The number of anilines is 3. The van der Waals surface area contributed by atoms with Crippen LogP contribution in [-0.2, 0) is 6.18 Å². The van der Waals surface area contributed by atoms with Gasteiger partial charge in [-0.25, -0.2) is 0 Å². The number of benzene rings is 1. The van der Waals surface area contributed by atoms with Crippen LogP contribution >= 0.6 is 0 Å². The lowest BCUT2D eigenvalue weighted by Gasteiger charge is -2.31. The lowest BCUT2D eigenvalue weighted by Crippen LogP contribution is -2.36. The number of aliphatic hydroxyl groups excluding tert-OH is 1. The Morgan fingerprint density at radius 1 is 1.04 bits per heavy atom. The summed E-state index contributed by atoms with van der Waals surface area (Å²) in [4.78, 5) is 6.53. The summed E-state index contributed by atoms with van der Waals surface area (Å²) in [6.07, 6.45) is -3.24. The molecule has 1 aliphatic heterocycles. The fourth-order valence-electron chi connectivity index (χ4n) is 3.15. The molecule has 2 aromatic heterocycles. The van der Waals surface area contributed by atoms with Crippen molar-refractivity contribution in [3.05, 3.63) is 48.0 Å². The predicted molar refractivity (Wildman–Crippen MR) is 95.2 cm³/mol. The summed E-state index contributed by atoms with van der Waals surface area (Å²) in [7, 11) is 0. The normalized spacial score (nSPS) is 16.1. The number of alkyl halides is 3. The van der Waals surface area contributed by atoms with E-state index in [1.54, 1.807) is 4.52 Å². The number of hydrogen-bond donors (Lipinski definition) is 2. The molecule has 6 nitrogen and oxygen atoms in total. The number of nitrogens with zero attached hydrogens (tertiary/aromatic N) is 4. The van der Waals surface area contributed by atoms with Gasteiger partial charge in [0.15, 0.2) is 5.65 Å². The van der Waals surface area contributed by atoms with Gasteiger partial charge in [-0.1, -0.05) is 6.07 Å². The average molecular weight is 377 g/mol. The van der Waals surface area contributed by atoms with Crippen molar-refractivity contribution < 1.29 is 18.3 Å². The molecule has 4 rings (SSSR count). The Balaban J connectivity index is 1.58. The van der Waals surface area contributed by atoms with E-state index >= 15 is 0 Å². The van der Waals surface area contributed by atoms with Gasteiger partial charge in [-0.3, -0.25) is 0 Å². The van der Waals surface area contributed by atoms with Crippen LogP contribution < -0.4 is 10.2 Å². The summed E-state index contributed by atoms with van der Waals surface area (Å²) in [5, 5.41) is 17.1. The molecule has 0 atom stereocenters. The van der Waals surface area contributed by atoms with Gasteiger partial charge in [0.05, 0.1) is 11.7 Å². The van der Waals surface area contributed by atoms with Gasteiger partial charge in [0.1, 0.15) is 5.82 Å². The molecule has 0 spiro atoms. The highest BCUT2D eigenvalue weighted by atomic mass is 19.4. The fraction of sp³-hybridized carbons (Fsp3) is 0.333. The molecule has 0 unspecified atom stereocenters. The molecular formula is C18H18F3N5O. The fourth-order valence-corrected chi connectivity index (χ4v) is 3.15. The highest BCUT2D eigenvalue weighted by Crippen LogP contribution is 2.30. The first kappa shape index (κ1) is 17.6. The molecular weight excluding hydrogens is 359 g/mol. The summed E-state index contributed by atoms with van der Waals surface area (Å²) < 4.78 is 39.7. The Hall–Kier alpha value is -2.81. The molecule has 1 aromatic carbocycles. The smallest absolute Gasteiger partial charge is 0.393 e. The van der Waals surface area contributed by atoms with E-state index in [1.807, 2.05) is 18.2 Å². The lowest BCUT2D eigenvalue weighted by atomic mass is 10.1. The van der Waals surface area contributed by atoms with Gasteiger partial charge in [-0.2, -0.15) is 22.7 Å². The summed E-state index contributed by atoms with van der Waals surface area (Å²) in [6.45, 7) is 1.45. The minimum Gasteiger partial charge on any atom is -0.393 e. The number of piperidine rings is 1. The molecule has 0 bridgehead atoms. The van der Waals surface area contributed by atoms with Crippen molar-refractivity contribution >= 4 is 23.1 Å². The summed E-state index contributed by atoms with van der Waals surface area (Å²) in [5.74, 6) is 1.17. The quantitative estimate of drug-likeness (QED) is 0.732. The van der Waals surface area contributed by atoms with Crippen molar-refractivity contribution in [1.29, 1.82) is 0 Å². The predicted octanol–water partition coefficient (Wildman–Crippen LogP) is 3.45. The van der Waals surface area contributed by atoms with Gasteiger partial charge in [0.25, 0.3) is 0 Å². The van der Waals surface area contributed by atoms with E-state index in [-0.39, 0.29) is 6.10 Å². The van der Waals surface area contributed by atoms with Crippen LogP contribution in [0.5, 0.6) is 0 Å². The van der Waals surface area contributed by atoms with E-state index in [4.69, 9.17) is 0 Å². The van der Waals surface area contributed by atoms with E-state index in [1.165, 1.54) is 12.1 Å². The summed E-state index contributed by atoms with van der Waals surface area (Å²) in [6, 6.07) is 10.4. The zero-order chi connectivity index (χ0) is 19.0. The van der Waals surface area contributed by atoms with E-state index < -0.39 is 11.7 Å². The average Bonchev–Trinajstić information content (AvgIpc) is 3.04. The van der Waals surface area contributed by atoms with Gasteiger partial charge in [0, 0.05) is 18.8 Å². The van der Waals surface area contributed by atoms with Crippen LogP contribution in [0, 0.1) is 0 Å². The monoisotopic (exact) mass is 377 g/mol. The van der Waals surface area contributed by atoms with Crippen LogP contribution in [0.4, 0.5) is 30.6 Å². The van der Waals surface area contributed by atoms with Crippen LogP contribution in [0.2, 0.25) is 0 Å². The minimum atomic E-state index is -4.36. The van der Waals surface area contributed by atoms with E-state index in [0.717, 1.165) is 31.0 Å². The summed E-state index contributed by atoms with van der Waals surface area (Å²) >= 11 is 0. The lowest BCUT2D eigenvalue weighted by molar-refractivity contribution is -0.137. The zero-order valence-electron chi connectivity index (χ0n) is 14.3. The Morgan fingerprint density at radius 2 is 1.74 bits per heavy atom. The first-order valence-corrected chi connectivity index (χ1v) is 8.63. The van der Waals surface area contributed by atoms with Crippen molar-refractivity contribution in [2.24, 2.45) is 0 Å². The highest BCUT2D eigenvalue weighted by Gasteiger charge is 2.30.